The van der Waals surface area contributed by atoms with E-state index in [4.69, 9.17) is 0 Å². The molecule has 0 spiro atoms. The zero-order chi connectivity index (χ0) is 18.0. The average Bonchev–Trinajstić information content (AvgIpc) is 3.41. The lowest BCUT2D eigenvalue weighted by molar-refractivity contribution is 0.0169. The molecule has 26 heavy (non-hydrogen) atoms. The normalized spacial score (nSPS) is 16.0. The molecule has 1 saturated carbocycles. The van der Waals surface area contributed by atoms with Crippen LogP contribution in [-0.4, -0.2) is 17.6 Å². The van der Waals surface area contributed by atoms with E-state index in [0.29, 0.717) is 5.56 Å². The van der Waals surface area contributed by atoms with E-state index in [-0.39, 0.29) is 18.4 Å². The van der Waals surface area contributed by atoms with Crippen LogP contribution in [0.25, 0.3) is 11.1 Å². The molecule has 1 heterocycles. The van der Waals surface area contributed by atoms with Gasteiger partial charge in [0.15, 0.2) is 0 Å². The highest BCUT2D eigenvalue weighted by Crippen LogP contribution is 2.46. The minimum Gasteiger partial charge on any atom is -0.382 e. The van der Waals surface area contributed by atoms with Crippen molar-refractivity contribution in [3.8, 4) is 11.1 Å². The molecule has 0 bridgehead atoms. The third kappa shape index (κ3) is 3.43. The summed E-state index contributed by atoms with van der Waals surface area (Å²) in [4.78, 5) is 13.5. The van der Waals surface area contributed by atoms with Crippen LogP contribution < -0.4 is 5.32 Å². The van der Waals surface area contributed by atoms with Crippen molar-refractivity contribution in [2.75, 3.05) is 6.54 Å². The predicted octanol–water partition coefficient (Wildman–Crippen LogP) is 4.44. The molecule has 1 fully saturated rings. The van der Waals surface area contributed by atoms with Crippen LogP contribution in [0.4, 0.5) is 0 Å². The quantitative estimate of drug-likeness (QED) is 0.680. The molecule has 4 rings (SSSR count). The Morgan fingerprint density at radius 3 is 2.31 bits per heavy atom. The van der Waals surface area contributed by atoms with Crippen LogP contribution in [0, 0.1) is 5.92 Å². The molecule has 2 aromatic carbocycles. The van der Waals surface area contributed by atoms with Gasteiger partial charge in [-0.1, -0.05) is 48.5 Å². The number of nitrogens with one attached hydrogen (secondary N) is 1. The highest BCUT2D eigenvalue weighted by atomic mass is 32.1. The van der Waals surface area contributed by atoms with Gasteiger partial charge in [0.05, 0.1) is 6.54 Å². The van der Waals surface area contributed by atoms with Crippen molar-refractivity contribution in [1.82, 2.24) is 5.32 Å². The molecule has 3 aromatic rings. The molecule has 3 nitrogen and oxygen atoms in total. The lowest BCUT2D eigenvalue weighted by Gasteiger charge is -2.27. The number of amides is 1. The third-order valence-electron chi connectivity index (χ3n) is 4.97. The molecular weight excluding hydrogens is 342 g/mol. The maximum absolute atomic E-state index is 12.5. The Morgan fingerprint density at radius 2 is 1.69 bits per heavy atom. The standard InChI is InChI=1S/C22H21NO2S/c24-21(18-10-8-17(9-11-18)16-5-2-1-3-6-16)23-15-22(25,19-12-13-19)20-7-4-14-26-20/h1-11,14,19,25H,12-13,15H2,(H,23,24). The minimum atomic E-state index is -0.951. The first-order valence-corrected chi connectivity index (χ1v) is 9.75. The Hall–Kier alpha value is -2.43. The first-order valence-electron chi connectivity index (χ1n) is 8.87. The zero-order valence-corrected chi connectivity index (χ0v) is 15.2. The van der Waals surface area contributed by atoms with Crippen LogP contribution in [0.5, 0.6) is 0 Å². The monoisotopic (exact) mass is 363 g/mol. The molecule has 1 aliphatic carbocycles. The van der Waals surface area contributed by atoms with Gasteiger partial charge in [-0.05, 0) is 53.5 Å². The lowest BCUT2D eigenvalue weighted by Crippen LogP contribution is -2.42. The van der Waals surface area contributed by atoms with Gasteiger partial charge in [0.2, 0.25) is 0 Å². The number of thiophene rings is 1. The van der Waals surface area contributed by atoms with E-state index >= 15 is 0 Å². The van der Waals surface area contributed by atoms with E-state index in [1.807, 2.05) is 72.1 Å². The second kappa shape index (κ2) is 7.06. The Labute approximate surface area is 157 Å². The Morgan fingerprint density at radius 1 is 1.00 bits per heavy atom. The van der Waals surface area contributed by atoms with Crippen LogP contribution in [-0.2, 0) is 5.60 Å². The lowest BCUT2D eigenvalue weighted by atomic mass is 9.95. The van der Waals surface area contributed by atoms with Crippen molar-refractivity contribution in [3.05, 3.63) is 82.6 Å². The van der Waals surface area contributed by atoms with Crippen molar-refractivity contribution in [2.24, 2.45) is 5.92 Å². The largest absolute Gasteiger partial charge is 0.382 e. The van der Waals surface area contributed by atoms with E-state index in [0.717, 1.165) is 28.8 Å². The summed E-state index contributed by atoms with van der Waals surface area (Å²) in [5.74, 6) is 0.0853. The summed E-state index contributed by atoms with van der Waals surface area (Å²) in [6.45, 7) is 0.247. The number of rotatable bonds is 6. The summed E-state index contributed by atoms with van der Waals surface area (Å²) in [5.41, 5.74) is 1.86. The number of aliphatic hydroxyl groups is 1. The van der Waals surface area contributed by atoms with Gasteiger partial charge in [-0.15, -0.1) is 11.3 Å². The van der Waals surface area contributed by atoms with Crippen LogP contribution in [0.3, 0.4) is 0 Å². The average molecular weight is 363 g/mol. The maximum Gasteiger partial charge on any atom is 0.251 e. The van der Waals surface area contributed by atoms with Crippen molar-refractivity contribution >= 4 is 17.2 Å². The molecule has 1 unspecified atom stereocenters. The fraction of sp³-hybridized carbons (Fsp3) is 0.227. The summed E-state index contributed by atoms with van der Waals surface area (Å²) in [7, 11) is 0. The molecule has 4 heteroatoms. The van der Waals surface area contributed by atoms with Crippen molar-refractivity contribution in [1.29, 1.82) is 0 Å². The van der Waals surface area contributed by atoms with Gasteiger partial charge in [0.1, 0.15) is 5.60 Å². The van der Waals surface area contributed by atoms with Crippen LogP contribution >= 0.6 is 11.3 Å². The molecule has 1 aromatic heterocycles. The number of hydrogen-bond donors (Lipinski definition) is 2. The molecule has 0 radical (unpaired) electrons. The summed E-state index contributed by atoms with van der Waals surface area (Å²) in [5, 5.41) is 16.0. The number of benzene rings is 2. The van der Waals surface area contributed by atoms with Crippen molar-refractivity contribution in [3.63, 3.8) is 0 Å². The predicted molar refractivity (Wildman–Crippen MR) is 105 cm³/mol. The van der Waals surface area contributed by atoms with Crippen LogP contribution in [0.15, 0.2) is 72.1 Å². The third-order valence-corrected chi connectivity index (χ3v) is 6.01. The molecular formula is C22H21NO2S. The second-order valence-corrected chi connectivity index (χ2v) is 7.75. The Balaban J connectivity index is 1.45. The van der Waals surface area contributed by atoms with Crippen LogP contribution in [0.1, 0.15) is 28.1 Å². The highest BCUT2D eigenvalue weighted by Gasteiger charge is 2.45. The van der Waals surface area contributed by atoms with Crippen molar-refractivity contribution in [2.45, 2.75) is 18.4 Å². The number of carbonyl (C=O) groups is 1. The minimum absolute atomic E-state index is 0.153. The molecule has 1 atom stereocenters. The van der Waals surface area contributed by atoms with E-state index in [1.54, 1.807) is 11.3 Å². The summed E-state index contributed by atoms with van der Waals surface area (Å²) >= 11 is 1.54. The topological polar surface area (TPSA) is 49.3 Å². The van der Waals surface area contributed by atoms with E-state index < -0.39 is 5.60 Å². The number of hydrogen-bond acceptors (Lipinski definition) is 3. The molecule has 0 saturated heterocycles. The van der Waals surface area contributed by atoms with Gasteiger partial charge >= 0.3 is 0 Å². The fourth-order valence-corrected chi connectivity index (χ4v) is 4.18. The molecule has 1 aliphatic rings. The van der Waals surface area contributed by atoms with Crippen molar-refractivity contribution < 1.29 is 9.90 Å². The Kier molecular flexibility index (Phi) is 4.62. The summed E-state index contributed by atoms with van der Waals surface area (Å²) < 4.78 is 0. The molecule has 0 aliphatic heterocycles. The first-order chi connectivity index (χ1) is 12.7. The SMILES string of the molecule is O=C(NCC(O)(c1cccs1)C1CC1)c1ccc(-c2ccccc2)cc1. The van der Waals surface area contributed by atoms with Gasteiger partial charge in [-0.3, -0.25) is 4.79 Å². The highest BCUT2D eigenvalue weighted by molar-refractivity contribution is 7.10. The zero-order valence-electron chi connectivity index (χ0n) is 14.4. The molecule has 132 valence electrons. The summed E-state index contributed by atoms with van der Waals surface area (Å²) in [6.07, 6.45) is 2.02. The second-order valence-electron chi connectivity index (χ2n) is 6.80. The van der Waals surface area contributed by atoms with Crippen LogP contribution in [0.2, 0.25) is 0 Å². The Bertz CT molecular complexity index is 870. The van der Waals surface area contributed by atoms with Gasteiger partial charge in [0, 0.05) is 10.4 Å². The molecule has 1 amide bonds. The van der Waals surface area contributed by atoms with Gasteiger partial charge < -0.3 is 10.4 Å². The maximum atomic E-state index is 12.5. The molecule has 2 N–H and O–H groups in total. The van der Waals surface area contributed by atoms with Gasteiger partial charge in [0.25, 0.3) is 5.91 Å². The van der Waals surface area contributed by atoms with E-state index in [1.165, 1.54) is 0 Å². The summed E-state index contributed by atoms with van der Waals surface area (Å²) in [6, 6.07) is 21.5. The van der Waals surface area contributed by atoms with E-state index in [9.17, 15) is 9.90 Å². The smallest absolute Gasteiger partial charge is 0.251 e. The van der Waals surface area contributed by atoms with Gasteiger partial charge in [-0.25, -0.2) is 0 Å². The first kappa shape index (κ1) is 17.0. The van der Waals surface area contributed by atoms with Gasteiger partial charge in [-0.2, -0.15) is 0 Å². The van der Waals surface area contributed by atoms with E-state index in [2.05, 4.69) is 5.32 Å². The number of carbonyl (C=O) groups excluding carboxylic acids is 1. The fourth-order valence-electron chi connectivity index (χ4n) is 3.28.